The fourth-order valence-electron chi connectivity index (χ4n) is 3.17. The SMILES string of the molecule is O=c1[nH][nH]c2cc(NC(CCNc3nccnn3)Cc3ccccc3)ccc12. The minimum atomic E-state index is -0.108. The summed E-state index contributed by atoms with van der Waals surface area (Å²) in [5.41, 5.74) is 2.90. The number of hydrogen-bond acceptors (Lipinski definition) is 6. The van der Waals surface area contributed by atoms with Gasteiger partial charge in [0, 0.05) is 18.3 Å². The molecule has 0 aliphatic rings. The van der Waals surface area contributed by atoms with Crippen LogP contribution in [0.25, 0.3) is 10.9 Å². The molecule has 2 aromatic carbocycles. The van der Waals surface area contributed by atoms with Gasteiger partial charge in [0.05, 0.1) is 23.3 Å². The number of benzene rings is 2. The molecule has 0 radical (unpaired) electrons. The molecule has 2 heterocycles. The van der Waals surface area contributed by atoms with Crippen LogP contribution in [0.15, 0.2) is 65.7 Å². The average Bonchev–Trinajstić information content (AvgIpc) is 3.10. The summed E-state index contributed by atoms with van der Waals surface area (Å²) in [4.78, 5) is 15.8. The Morgan fingerprint density at radius 2 is 1.93 bits per heavy atom. The van der Waals surface area contributed by atoms with E-state index in [2.05, 4.69) is 48.1 Å². The normalized spacial score (nSPS) is 12.0. The highest BCUT2D eigenvalue weighted by Gasteiger charge is 2.11. The van der Waals surface area contributed by atoms with Crippen LogP contribution >= 0.6 is 0 Å². The average molecular weight is 375 g/mol. The maximum absolute atomic E-state index is 11.7. The van der Waals surface area contributed by atoms with Crippen LogP contribution in [-0.4, -0.2) is 38.0 Å². The van der Waals surface area contributed by atoms with Crippen LogP contribution in [0.4, 0.5) is 11.6 Å². The molecule has 28 heavy (non-hydrogen) atoms. The Morgan fingerprint density at radius 1 is 1.04 bits per heavy atom. The van der Waals surface area contributed by atoms with E-state index in [0.29, 0.717) is 17.9 Å². The molecule has 142 valence electrons. The number of nitrogens with zero attached hydrogens (tertiary/aromatic N) is 3. The molecule has 0 fully saturated rings. The van der Waals surface area contributed by atoms with Gasteiger partial charge < -0.3 is 10.6 Å². The van der Waals surface area contributed by atoms with Gasteiger partial charge in [0.2, 0.25) is 5.95 Å². The van der Waals surface area contributed by atoms with Crippen molar-refractivity contribution in [3.63, 3.8) is 0 Å². The first-order valence-electron chi connectivity index (χ1n) is 9.16. The van der Waals surface area contributed by atoms with Crippen LogP contribution in [0.2, 0.25) is 0 Å². The van der Waals surface area contributed by atoms with Crippen molar-refractivity contribution in [2.24, 2.45) is 0 Å². The number of anilines is 2. The van der Waals surface area contributed by atoms with Crippen LogP contribution in [0.3, 0.4) is 0 Å². The zero-order valence-corrected chi connectivity index (χ0v) is 15.2. The highest BCUT2D eigenvalue weighted by Crippen LogP contribution is 2.18. The molecule has 1 unspecified atom stereocenters. The molecular formula is C20H21N7O. The van der Waals surface area contributed by atoms with E-state index < -0.39 is 0 Å². The van der Waals surface area contributed by atoms with Gasteiger partial charge in [-0.15, -0.1) is 5.10 Å². The molecule has 0 aliphatic carbocycles. The molecule has 0 amide bonds. The number of aromatic nitrogens is 5. The van der Waals surface area contributed by atoms with E-state index in [1.165, 1.54) is 5.56 Å². The van der Waals surface area contributed by atoms with Crippen LogP contribution in [-0.2, 0) is 6.42 Å². The molecule has 4 aromatic rings. The first-order valence-corrected chi connectivity index (χ1v) is 9.16. The van der Waals surface area contributed by atoms with E-state index in [0.717, 1.165) is 24.0 Å². The van der Waals surface area contributed by atoms with Crippen molar-refractivity contribution >= 4 is 22.5 Å². The van der Waals surface area contributed by atoms with Crippen molar-refractivity contribution in [2.45, 2.75) is 18.9 Å². The summed E-state index contributed by atoms with van der Waals surface area (Å²) in [5.74, 6) is 0.521. The maximum atomic E-state index is 11.7. The summed E-state index contributed by atoms with van der Waals surface area (Å²) in [6, 6.07) is 16.3. The van der Waals surface area contributed by atoms with Crippen LogP contribution in [0, 0.1) is 0 Å². The number of fused-ring (bicyclic) bond motifs is 1. The van der Waals surface area contributed by atoms with E-state index in [4.69, 9.17) is 0 Å². The van der Waals surface area contributed by atoms with Crippen LogP contribution in [0.1, 0.15) is 12.0 Å². The summed E-state index contributed by atoms with van der Waals surface area (Å²) in [7, 11) is 0. The predicted octanol–water partition coefficient (Wildman–Crippen LogP) is 2.57. The van der Waals surface area contributed by atoms with E-state index in [1.807, 2.05) is 36.4 Å². The predicted molar refractivity (Wildman–Crippen MR) is 109 cm³/mol. The van der Waals surface area contributed by atoms with Gasteiger partial charge in [-0.25, -0.2) is 4.98 Å². The molecule has 2 aromatic heterocycles. The quantitative estimate of drug-likeness (QED) is 0.377. The third-order valence-electron chi connectivity index (χ3n) is 4.53. The fraction of sp³-hybridized carbons (Fsp3) is 0.200. The smallest absolute Gasteiger partial charge is 0.271 e. The topological polar surface area (TPSA) is 111 Å². The van der Waals surface area contributed by atoms with Gasteiger partial charge >= 0.3 is 0 Å². The van der Waals surface area contributed by atoms with Gasteiger partial charge in [0.1, 0.15) is 0 Å². The summed E-state index contributed by atoms with van der Waals surface area (Å²) in [6.45, 7) is 0.708. The molecule has 0 aliphatic heterocycles. The second-order valence-electron chi connectivity index (χ2n) is 6.55. The molecule has 1 atom stereocenters. The molecule has 8 heteroatoms. The maximum Gasteiger partial charge on any atom is 0.271 e. The number of hydrogen-bond donors (Lipinski definition) is 4. The van der Waals surface area contributed by atoms with E-state index in [1.54, 1.807) is 12.4 Å². The van der Waals surface area contributed by atoms with Gasteiger partial charge in [-0.2, -0.15) is 5.10 Å². The van der Waals surface area contributed by atoms with Gasteiger partial charge in [0.25, 0.3) is 5.56 Å². The molecular weight excluding hydrogens is 354 g/mol. The van der Waals surface area contributed by atoms with E-state index in [-0.39, 0.29) is 11.6 Å². The summed E-state index contributed by atoms with van der Waals surface area (Å²) < 4.78 is 0. The third-order valence-corrected chi connectivity index (χ3v) is 4.53. The standard InChI is InChI=1S/C20H21N7O/c28-19-17-7-6-15(13-18(17)25-26-19)24-16(12-14-4-2-1-3-5-14)8-9-21-20-22-10-11-23-27-20/h1-7,10-11,13,16,24H,8-9,12H2,(H,21,22,27)(H2,25,26,28). The molecule has 0 saturated heterocycles. The first-order chi connectivity index (χ1) is 13.8. The van der Waals surface area contributed by atoms with Crippen LogP contribution < -0.4 is 16.2 Å². The summed E-state index contributed by atoms with van der Waals surface area (Å²) >= 11 is 0. The fourth-order valence-corrected chi connectivity index (χ4v) is 3.17. The lowest BCUT2D eigenvalue weighted by Crippen LogP contribution is -2.25. The lowest BCUT2D eigenvalue weighted by Gasteiger charge is -2.20. The number of aromatic amines is 2. The molecule has 0 bridgehead atoms. The zero-order chi connectivity index (χ0) is 19.2. The summed E-state index contributed by atoms with van der Waals surface area (Å²) in [6.07, 6.45) is 4.89. The van der Waals surface area contributed by atoms with Crippen molar-refractivity contribution in [1.29, 1.82) is 0 Å². The lowest BCUT2D eigenvalue weighted by molar-refractivity contribution is 0.667. The second-order valence-corrected chi connectivity index (χ2v) is 6.55. The summed E-state index contributed by atoms with van der Waals surface area (Å²) in [5, 5.41) is 20.7. The molecule has 0 spiro atoms. The van der Waals surface area contributed by atoms with Crippen molar-refractivity contribution in [1.82, 2.24) is 25.4 Å². The van der Waals surface area contributed by atoms with E-state index in [9.17, 15) is 4.79 Å². The Bertz CT molecular complexity index is 1080. The Hall–Kier alpha value is -3.68. The van der Waals surface area contributed by atoms with Gasteiger partial charge in [-0.05, 0) is 36.6 Å². The van der Waals surface area contributed by atoms with E-state index >= 15 is 0 Å². The van der Waals surface area contributed by atoms with Crippen molar-refractivity contribution < 1.29 is 0 Å². The third kappa shape index (κ3) is 4.35. The Labute approximate surface area is 161 Å². The van der Waals surface area contributed by atoms with Gasteiger partial charge in [-0.3, -0.25) is 15.0 Å². The van der Waals surface area contributed by atoms with Gasteiger partial charge in [-0.1, -0.05) is 30.3 Å². The number of rotatable bonds is 8. The number of nitrogens with one attached hydrogen (secondary N) is 4. The minimum absolute atomic E-state index is 0.108. The highest BCUT2D eigenvalue weighted by molar-refractivity contribution is 5.81. The minimum Gasteiger partial charge on any atom is -0.382 e. The number of H-pyrrole nitrogens is 2. The Balaban J connectivity index is 1.46. The first kappa shape index (κ1) is 17.7. The highest BCUT2D eigenvalue weighted by atomic mass is 16.1. The van der Waals surface area contributed by atoms with Crippen molar-refractivity contribution in [3.8, 4) is 0 Å². The molecule has 4 N–H and O–H groups in total. The molecule has 0 saturated carbocycles. The Kier molecular flexibility index (Phi) is 5.28. The monoisotopic (exact) mass is 375 g/mol. The molecule has 4 rings (SSSR count). The lowest BCUT2D eigenvalue weighted by atomic mass is 10.0. The van der Waals surface area contributed by atoms with Crippen molar-refractivity contribution in [3.05, 3.63) is 76.8 Å². The van der Waals surface area contributed by atoms with Gasteiger partial charge in [0.15, 0.2) is 0 Å². The van der Waals surface area contributed by atoms with Crippen LogP contribution in [0.5, 0.6) is 0 Å². The Morgan fingerprint density at radius 3 is 2.75 bits per heavy atom. The molecule has 8 nitrogen and oxygen atoms in total. The largest absolute Gasteiger partial charge is 0.382 e. The second kappa shape index (κ2) is 8.34. The zero-order valence-electron chi connectivity index (χ0n) is 15.2. The van der Waals surface area contributed by atoms with Crippen molar-refractivity contribution in [2.75, 3.05) is 17.2 Å².